The molecule has 0 amide bonds. The Morgan fingerprint density at radius 1 is 1.28 bits per heavy atom. The summed E-state index contributed by atoms with van der Waals surface area (Å²) in [5.74, 6) is -0.458. The summed E-state index contributed by atoms with van der Waals surface area (Å²) < 4.78 is 56.3. The first-order valence-corrected chi connectivity index (χ1v) is 5.34. The topological polar surface area (TPSA) is 35.2 Å². The van der Waals surface area contributed by atoms with Crippen LogP contribution in [0.4, 0.5) is 17.6 Å². The van der Waals surface area contributed by atoms with E-state index < -0.39 is 23.6 Å². The monoisotopic (exact) mass is 261 g/mol. The summed E-state index contributed by atoms with van der Waals surface area (Å²) >= 11 is 0. The predicted octanol–water partition coefficient (Wildman–Crippen LogP) is 3.15. The van der Waals surface area contributed by atoms with Gasteiger partial charge in [0.1, 0.15) is 11.6 Å². The summed E-state index contributed by atoms with van der Waals surface area (Å²) in [6, 6.07) is 1.18. The smallest absolute Gasteiger partial charge is 0.416 e. The molecule has 6 heteroatoms. The van der Waals surface area contributed by atoms with Crippen molar-refractivity contribution >= 4 is 0 Å². The summed E-state index contributed by atoms with van der Waals surface area (Å²) in [4.78, 5) is 0. The lowest BCUT2D eigenvalue weighted by atomic mass is 10.0. The van der Waals surface area contributed by atoms with Gasteiger partial charge in [0.05, 0.1) is 18.2 Å². The molecule has 2 rings (SSSR count). The first kappa shape index (κ1) is 12.9. The molecule has 0 aromatic heterocycles. The van der Waals surface area contributed by atoms with Crippen molar-refractivity contribution < 1.29 is 22.3 Å². The van der Waals surface area contributed by atoms with E-state index in [1.807, 2.05) is 0 Å². The molecule has 0 spiro atoms. The molecule has 0 saturated heterocycles. The fourth-order valence-corrected chi connectivity index (χ4v) is 1.77. The van der Waals surface area contributed by atoms with Gasteiger partial charge in [0.2, 0.25) is 0 Å². The Hall–Kier alpha value is -1.56. The molecular weight excluding hydrogens is 250 g/mol. The highest BCUT2D eigenvalue weighted by atomic mass is 19.4. The Kier molecular flexibility index (Phi) is 3.30. The molecule has 1 heterocycles. The number of halogens is 4. The molecule has 0 radical (unpaired) electrons. The molecule has 0 fully saturated rings. The van der Waals surface area contributed by atoms with Gasteiger partial charge in [-0.3, -0.25) is 0 Å². The highest BCUT2D eigenvalue weighted by Crippen LogP contribution is 2.33. The molecule has 1 atom stereocenters. The summed E-state index contributed by atoms with van der Waals surface area (Å²) in [6.07, 6.45) is -2.24. The number of hydrogen-bond acceptors (Lipinski definition) is 2. The van der Waals surface area contributed by atoms with Crippen LogP contribution in [0.2, 0.25) is 0 Å². The van der Waals surface area contributed by atoms with Crippen molar-refractivity contribution in [1.29, 1.82) is 0 Å². The molecule has 2 nitrogen and oxygen atoms in total. The number of hydrogen-bond donors (Lipinski definition) is 1. The Bertz CT molecular complexity index is 481. The van der Waals surface area contributed by atoms with Crippen molar-refractivity contribution in [3.63, 3.8) is 0 Å². The third-order valence-electron chi connectivity index (χ3n) is 2.70. The SMILES string of the molecule is NC(C1=CCCO1)c1cc(C(F)(F)F)ccc1F. The van der Waals surface area contributed by atoms with Crippen molar-refractivity contribution in [2.45, 2.75) is 18.6 Å². The lowest BCUT2D eigenvalue weighted by Crippen LogP contribution is -2.17. The van der Waals surface area contributed by atoms with Gasteiger partial charge in [-0.05, 0) is 24.3 Å². The van der Waals surface area contributed by atoms with Crippen LogP contribution in [-0.4, -0.2) is 6.61 Å². The molecule has 2 N–H and O–H groups in total. The summed E-state index contributed by atoms with van der Waals surface area (Å²) in [7, 11) is 0. The van der Waals surface area contributed by atoms with Gasteiger partial charge in [0.25, 0.3) is 0 Å². The number of alkyl halides is 3. The van der Waals surface area contributed by atoms with E-state index in [0.29, 0.717) is 24.9 Å². The number of benzene rings is 1. The van der Waals surface area contributed by atoms with Gasteiger partial charge in [0.15, 0.2) is 0 Å². The fraction of sp³-hybridized carbons (Fsp3) is 0.333. The van der Waals surface area contributed by atoms with Crippen molar-refractivity contribution in [3.8, 4) is 0 Å². The standard InChI is InChI=1S/C12H11F4NO/c13-9-4-3-7(12(14,15)16)6-8(9)11(17)10-2-1-5-18-10/h2-4,6,11H,1,5,17H2. The van der Waals surface area contributed by atoms with Gasteiger partial charge >= 0.3 is 6.18 Å². The predicted molar refractivity (Wildman–Crippen MR) is 57.0 cm³/mol. The van der Waals surface area contributed by atoms with Gasteiger partial charge < -0.3 is 10.5 Å². The average Bonchev–Trinajstić information content (AvgIpc) is 2.80. The molecule has 1 aliphatic rings. The molecule has 18 heavy (non-hydrogen) atoms. The highest BCUT2D eigenvalue weighted by Gasteiger charge is 2.32. The third-order valence-corrected chi connectivity index (χ3v) is 2.70. The zero-order chi connectivity index (χ0) is 13.3. The summed E-state index contributed by atoms with van der Waals surface area (Å²) in [5, 5.41) is 0. The lowest BCUT2D eigenvalue weighted by molar-refractivity contribution is -0.137. The van der Waals surface area contributed by atoms with Crippen molar-refractivity contribution in [2.24, 2.45) is 5.73 Å². The second-order valence-electron chi connectivity index (χ2n) is 3.96. The van der Waals surface area contributed by atoms with E-state index in [1.165, 1.54) is 0 Å². The van der Waals surface area contributed by atoms with Gasteiger partial charge in [-0.25, -0.2) is 4.39 Å². The maximum Gasteiger partial charge on any atom is 0.416 e. The van der Waals surface area contributed by atoms with Gasteiger partial charge in [-0.2, -0.15) is 13.2 Å². The van der Waals surface area contributed by atoms with E-state index in [0.717, 1.165) is 12.1 Å². The van der Waals surface area contributed by atoms with E-state index in [-0.39, 0.29) is 5.56 Å². The minimum Gasteiger partial charge on any atom is -0.496 e. The Morgan fingerprint density at radius 2 is 2.00 bits per heavy atom. The Labute approximate surface area is 101 Å². The van der Waals surface area contributed by atoms with Crippen LogP contribution in [-0.2, 0) is 10.9 Å². The normalized spacial score (nSPS) is 17.3. The van der Waals surface area contributed by atoms with Crippen molar-refractivity contribution in [3.05, 3.63) is 47.0 Å². The van der Waals surface area contributed by atoms with Crippen LogP contribution in [0, 0.1) is 5.82 Å². The highest BCUT2D eigenvalue weighted by molar-refractivity contribution is 5.33. The number of ether oxygens (including phenoxy) is 1. The summed E-state index contributed by atoms with van der Waals surface area (Å²) in [6.45, 7) is 0.420. The zero-order valence-electron chi connectivity index (χ0n) is 9.30. The maximum atomic E-state index is 13.5. The maximum absolute atomic E-state index is 13.5. The molecule has 1 unspecified atom stereocenters. The molecule has 1 aromatic rings. The molecule has 1 aromatic carbocycles. The van der Waals surface area contributed by atoms with Crippen LogP contribution in [0.5, 0.6) is 0 Å². The van der Waals surface area contributed by atoms with Crippen LogP contribution >= 0.6 is 0 Å². The van der Waals surface area contributed by atoms with E-state index >= 15 is 0 Å². The van der Waals surface area contributed by atoms with Gasteiger partial charge in [0, 0.05) is 12.0 Å². The molecule has 0 aliphatic carbocycles. The minimum absolute atomic E-state index is 0.210. The van der Waals surface area contributed by atoms with Gasteiger partial charge in [-0.15, -0.1) is 0 Å². The van der Waals surface area contributed by atoms with Crippen molar-refractivity contribution in [2.75, 3.05) is 6.61 Å². The van der Waals surface area contributed by atoms with Crippen LogP contribution in [0.1, 0.15) is 23.6 Å². The fourth-order valence-electron chi connectivity index (χ4n) is 1.77. The molecule has 1 aliphatic heterocycles. The quantitative estimate of drug-likeness (QED) is 0.830. The summed E-state index contributed by atoms with van der Waals surface area (Å²) in [5.41, 5.74) is 4.58. The largest absolute Gasteiger partial charge is 0.496 e. The molecule has 98 valence electrons. The van der Waals surface area contributed by atoms with E-state index in [4.69, 9.17) is 10.5 Å². The first-order chi connectivity index (χ1) is 8.39. The first-order valence-electron chi connectivity index (χ1n) is 5.34. The van der Waals surface area contributed by atoms with Crippen LogP contribution < -0.4 is 5.73 Å². The van der Waals surface area contributed by atoms with Crippen molar-refractivity contribution in [1.82, 2.24) is 0 Å². The lowest BCUT2D eigenvalue weighted by Gasteiger charge is -2.16. The minimum atomic E-state index is -4.52. The molecular formula is C12H11F4NO. The van der Waals surface area contributed by atoms with Crippen LogP contribution in [0.3, 0.4) is 0 Å². The van der Waals surface area contributed by atoms with E-state index in [1.54, 1.807) is 6.08 Å². The second-order valence-corrected chi connectivity index (χ2v) is 3.96. The molecule has 0 bridgehead atoms. The zero-order valence-corrected chi connectivity index (χ0v) is 9.30. The molecule has 0 saturated carbocycles. The Morgan fingerprint density at radius 3 is 2.56 bits per heavy atom. The van der Waals surface area contributed by atoms with Crippen LogP contribution in [0.15, 0.2) is 30.0 Å². The number of rotatable bonds is 2. The van der Waals surface area contributed by atoms with Gasteiger partial charge in [-0.1, -0.05) is 0 Å². The average molecular weight is 261 g/mol. The van der Waals surface area contributed by atoms with Crippen LogP contribution in [0.25, 0.3) is 0 Å². The second kappa shape index (κ2) is 4.61. The number of nitrogens with two attached hydrogens (primary N) is 1. The van der Waals surface area contributed by atoms with E-state index in [9.17, 15) is 17.6 Å². The third kappa shape index (κ3) is 2.48. The Balaban J connectivity index is 2.37. The van der Waals surface area contributed by atoms with E-state index in [2.05, 4.69) is 0 Å².